The molecule has 1 aliphatic rings. The van der Waals surface area contributed by atoms with Crippen molar-refractivity contribution in [3.05, 3.63) is 52.8 Å². The van der Waals surface area contributed by atoms with Crippen LogP contribution in [0.2, 0.25) is 0 Å². The van der Waals surface area contributed by atoms with Crippen LogP contribution in [0, 0.1) is 17.1 Å². The monoisotopic (exact) mass is 453 g/mol. The molecule has 0 aliphatic carbocycles. The number of benzene rings is 2. The molecule has 0 bridgehead atoms. The second-order valence-electron chi connectivity index (χ2n) is 8.96. The van der Waals surface area contributed by atoms with Gasteiger partial charge >= 0.3 is 0 Å². The van der Waals surface area contributed by atoms with Gasteiger partial charge in [-0.15, -0.1) is 0 Å². The molecule has 0 spiro atoms. The number of nitrogens with zero attached hydrogens (tertiary/aromatic N) is 1. The molecule has 0 fully saturated rings. The molecule has 2 aromatic carbocycles. The minimum Gasteiger partial charge on any atom is -0.487 e. The van der Waals surface area contributed by atoms with Gasteiger partial charge in [-0.05, 0) is 54.7 Å². The second-order valence-corrected chi connectivity index (χ2v) is 8.96. The van der Waals surface area contributed by atoms with Crippen molar-refractivity contribution in [2.45, 2.75) is 45.6 Å². The molecule has 0 N–H and O–H groups in total. The largest absolute Gasteiger partial charge is 0.487 e. The van der Waals surface area contributed by atoms with Crippen LogP contribution < -0.4 is 9.47 Å². The van der Waals surface area contributed by atoms with Gasteiger partial charge in [0.05, 0.1) is 25.9 Å². The zero-order chi connectivity index (χ0) is 24.0. The predicted molar refractivity (Wildman–Crippen MR) is 127 cm³/mol. The van der Waals surface area contributed by atoms with Crippen molar-refractivity contribution in [3.8, 4) is 28.7 Å². The topological polar surface area (TPSA) is 60.7 Å². The number of allylic oxidation sites excluding steroid dienone is 1. The lowest BCUT2D eigenvalue weighted by Gasteiger charge is -2.24. The zero-order valence-electron chi connectivity index (χ0n) is 20.0. The number of nitriles is 1. The molecule has 0 radical (unpaired) electrons. The van der Waals surface area contributed by atoms with E-state index in [1.54, 1.807) is 19.2 Å². The maximum atomic E-state index is 13.7. The zero-order valence-corrected chi connectivity index (χ0v) is 20.0. The maximum Gasteiger partial charge on any atom is 0.170 e. The molecule has 1 heterocycles. The van der Waals surface area contributed by atoms with Gasteiger partial charge < -0.3 is 18.9 Å². The van der Waals surface area contributed by atoms with Crippen LogP contribution in [0.4, 0.5) is 4.39 Å². The highest BCUT2D eigenvalue weighted by Crippen LogP contribution is 2.53. The van der Waals surface area contributed by atoms with E-state index in [2.05, 4.69) is 33.8 Å². The highest BCUT2D eigenvalue weighted by atomic mass is 19.1. The Bertz CT molecular complexity index is 1040. The molecule has 0 saturated heterocycles. The Kier molecular flexibility index (Phi) is 8.12. The Morgan fingerprint density at radius 1 is 1.15 bits per heavy atom. The number of hydrogen-bond donors (Lipinski definition) is 0. The van der Waals surface area contributed by atoms with Crippen LogP contribution in [0.3, 0.4) is 0 Å². The van der Waals surface area contributed by atoms with E-state index in [0.717, 1.165) is 34.2 Å². The molecule has 33 heavy (non-hydrogen) atoms. The van der Waals surface area contributed by atoms with Gasteiger partial charge in [0.15, 0.2) is 11.5 Å². The molecule has 6 heteroatoms. The lowest BCUT2D eigenvalue weighted by molar-refractivity contribution is 0.0532. The van der Waals surface area contributed by atoms with E-state index >= 15 is 0 Å². The van der Waals surface area contributed by atoms with E-state index in [1.165, 1.54) is 18.2 Å². The van der Waals surface area contributed by atoms with Crippen molar-refractivity contribution < 1.29 is 23.3 Å². The van der Waals surface area contributed by atoms with Gasteiger partial charge in [0.1, 0.15) is 18.0 Å². The fourth-order valence-electron chi connectivity index (χ4n) is 4.26. The van der Waals surface area contributed by atoms with Crippen LogP contribution in [-0.4, -0.2) is 39.1 Å². The fraction of sp³-hybridized carbons (Fsp3) is 0.444. The highest BCUT2D eigenvalue weighted by Gasteiger charge is 2.38. The summed E-state index contributed by atoms with van der Waals surface area (Å²) in [6.07, 6.45) is 4.02. The minimum absolute atomic E-state index is 0.181. The molecule has 0 amide bonds. The average molecular weight is 454 g/mol. The van der Waals surface area contributed by atoms with Crippen LogP contribution in [0.1, 0.15) is 50.3 Å². The third kappa shape index (κ3) is 5.73. The maximum absolute atomic E-state index is 13.7. The Labute approximate surface area is 195 Å². The smallest absolute Gasteiger partial charge is 0.170 e. The number of fused-ring (bicyclic) bond motifs is 1. The molecule has 0 atom stereocenters. The Morgan fingerprint density at radius 2 is 1.85 bits per heavy atom. The lowest BCUT2D eigenvalue weighted by atomic mass is 9.83. The summed E-state index contributed by atoms with van der Waals surface area (Å²) in [5.41, 5.74) is 4.30. The van der Waals surface area contributed by atoms with E-state index < -0.39 is 5.60 Å². The minimum atomic E-state index is -0.392. The van der Waals surface area contributed by atoms with Crippen LogP contribution in [0.25, 0.3) is 17.2 Å². The quantitative estimate of drug-likeness (QED) is 0.331. The van der Waals surface area contributed by atoms with Crippen LogP contribution >= 0.6 is 0 Å². The van der Waals surface area contributed by atoms with E-state index in [-0.39, 0.29) is 11.7 Å². The van der Waals surface area contributed by atoms with Crippen LogP contribution in [0.5, 0.6) is 11.5 Å². The van der Waals surface area contributed by atoms with Gasteiger partial charge in [0.25, 0.3) is 0 Å². The summed E-state index contributed by atoms with van der Waals surface area (Å²) < 4.78 is 37.0. The van der Waals surface area contributed by atoms with Crippen molar-refractivity contribution in [2.24, 2.45) is 0 Å². The van der Waals surface area contributed by atoms with Crippen LogP contribution in [-0.2, 0) is 15.9 Å². The normalized spacial score (nSPS) is 14.4. The predicted octanol–water partition coefficient (Wildman–Crippen LogP) is 5.91. The van der Waals surface area contributed by atoms with Crippen molar-refractivity contribution in [1.29, 1.82) is 5.26 Å². The van der Waals surface area contributed by atoms with Crippen LogP contribution in [0.15, 0.2) is 30.3 Å². The first-order chi connectivity index (χ1) is 15.8. The third-order valence-electron chi connectivity index (χ3n) is 5.51. The summed E-state index contributed by atoms with van der Waals surface area (Å²) in [6, 6.07) is 8.42. The first-order valence-electron chi connectivity index (χ1n) is 11.2. The van der Waals surface area contributed by atoms with Crippen molar-refractivity contribution >= 4 is 6.08 Å². The second kappa shape index (κ2) is 10.8. The molecule has 1 aliphatic heterocycles. The lowest BCUT2D eigenvalue weighted by Crippen LogP contribution is -2.25. The first kappa shape index (κ1) is 24.8. The summed E-state index contributed by atoms with van der Waals surface area (Å²) in [5.74, 6) is 1.18. The molecule has 0 aromatic heterocycles. The Balaban J connectivity index is 2.20. The summed E-state index contributed by atoms with van der Waals surface area (Å²) in [6.45, 7) is 10.1. The Hall–Kier alpha value is -2.88. The summed E-state index contributed by atoms with van der Waals surface area (Å²) >= 11 is 0. The molecule has 5 nitrogen and oxygen atoms in total. The summed E-state index contributed by atoms with van der Waals surface area (Å²) in [7, 11) is 1.63. The molecule has 176 valence electrons. The SMILES string of the molecule is COCCOCCOc1c2c(c(C(C)C)c(/C=C/C#N)c1-c1ccc(F)cc1)CC(C)(C)O2. The van der Waals surface area contributed by atoms with Gasteiger partial charge in [0.2, 0.25) is 0 Å². The molecule has 3 rings (SSSR count). The highest BCUT2D eigenvalue weighted by molar-refractivity contribution is 5.87. The number of hydrogen-bond acceptors (Lipinski definition) is 5. The number of methoxy groups -OCH3 is 1. The van der Waals surface area contributed by atoms with E-state index in [9.17, 15) is 9.65 Å². The standard InChI is InChI=1S/C27H32FNO4/c1-18(2)23-21(7-6-12-29)24(19-8-10-20(28)11-9-19)26(32-16-15-31-14-13-30-5)25-22(23)17-27(3,4)33-25/h6-11,18H,13-17H2,1-5H3/b7-6+. The summed E-state index contributed by atoms with van der Waals surface area (Å²) in [4.78, 5) is 0. The third-order valence-corrected chi connectivity index (χ3v) is 5.51. The first-order valence-corrected chi connectivity index (χ1v) is 11.2. The van der Waals surface area contributed by atoms with E-state index in [4.69, 9.17) is 18.9 Å². The van der Waals surface area contributed by atoms with Crippen molar-refractivity contribution in [2.75, 3.05) is 33.5 Å². The molecule has 0 saturated carbocycles. The fourth-order valence-corrected chi connectivity index (χ4v) is 4.26. The van der Waals surface area contributed by atoms with Gasteiger partial charge in [-0.1, -0.05) is 26.0 Å². The Morgan fingerprint density at radius 3 is 2.48 bits per heavy atom. The molecule has 2 aromatic rings. The van der Waals surface area contributed by atoms with Gasteiger partial charge in [-0.2, -0.15) is 5.26 Å². The van der Waals surface area contributed by atoms with Gasteiger partial charge in [-0.25, -0.2) is 4.39 Å². The van der Waals surface area contributed by atoms with Gasteiger partial charge in [0, 0.05) is 30.7 Å². The van der Waals surface area contributed by atoms with Crippen molar-refractivity contribution in [3.63, 3.8) is 0 Å². The molecular weight excluding hydrogens is 421 g/mol. The van der Waals surface area contributed by atoms with Crippen molar-refractivity contribution in [1.82, 2.24) is 0 Å². The van der Waals surface area contributed by atoms with E-state index in [0.29, 0.717) is 37.9 Å². The summed E-state index contributed by atoms with van der Waals surface area (Å²) in [5, 5.41) is 9.28. The molecular formula is C27H32FNO4. The number of halogens is 1. The van der Waals surface area contributed by atoms with E-state index in [1.807, 2.05) is 6.08 Å². The number of ether oxygens (including phenoxy) is 4. The number of rotatable bonds is 10. The van der Waals surface area contributed by atoms with Gasteiger partial charge in [-0.3, -0.25) is 0 Å². The molecule has 0 unspecified atom stereocenters. The average Bonchev–Trinajstić information content (AvgIpc) is 3.09.